The Bertz CT molecular complexity index is 222. The van der Waals surface area contributed by atoms with Crippen LogP contribution in [0.25, 0.3) is 0 Å². The van der Waals surface area contributed by atoms with Crippen molar-refractivity contribution in [2.45, 2.75) is 0 Å². The monoisotopic (exact) mass is 203 g/mol. The Morgan fingerprint density at radius 1 is 1.90 bits per heavy atom. The van der Waals surface area contributed by atoms with Crippen LogP contribution in [0.15, 0.2) is 16.4 Å². The van der Waals surface area contributed by atoms with E-state index >= 15 is 0 Å². The van der Waals surface area contributed by atoms with Gasteiger partial charge in [0.1, 0.15) is 6.54 Å². The third-order valence-corrected chi connectivity index (χ3v) is 1.52. The van der Waals surface area contributed by atoms with Gasteiger partial charge < -0.3 is 5.32 Å². The van der Waals surface area contributed by atoms with E-state index in [1.54, 1.807) is 0 Å². The SMILES string of the molecule is O=[N+]([O-])C1=[C]C=C(Br)NC1. The standard InChI is InChI=1S/C5H4BrN2O2/c6-5-2-1-4(3-7-5)8(9)10/h2,7H,3H2. The molecule has 1 aliphatic rings. The number of dihydropyridines is 1. The molecule has 1 radical (unpaired) electrons. The van der Waals surface area contributed by atoms with E-state index in [1.807, 2.05) is 0 Å². The van der Waals surface area contributed by atoms with Crippen LogP contribution < -0.4 is 5.32 Å². The number of nitrogens with zero attached hydrogens (tertiary/aromatic N) is 1. The van der Waals surface area contributed by atoms with Gasteiger partial charge in [0.15, 0.2) is 0 Å². The summed E-state index contributed by atoms with van der Waals surface area (Å²) in [6.45, 7) is 0.226. The molecule has 0 amide bonds. The van der Waals surface area contributed by atoms with Crippen molar-refractivity contribution in [2.24, 2.45) is 0 Å². The predicted molar refractivity (Wildman–Crippen MR) is 38.8 cm³/mol. The van der Waals surface area contributed by atoms with E-state index in [2.05, 4.69) is 27.3 Å². The van der Waals surface area contributed by atoms with Crippen molar-refractivity contribution in [3.8, 4) is 0 Å². The molecule has 0 aromatic rings. The summed E-state index contributed by atoms with van der Waals surface area (Å²) in [6.07, 6.45) is 4.00. The van der Waals surface area contributed by atoms with E-state index in [0.29, 0.717) is 0 Å². The van der Waals surface area contributed by atoms with Gasteiger partial charge in [0.05, 0.1) is 15.6 Å². The molecular formula is C5H4BrN2O2. The summed E-state index contributed by atoms with van der Waals surface area (Å²) in [7, 11) is 0. The first-order valence-electron chi connectivity index (χ1n) is 2.56. The van der Waals surface area contributed by atoms with E-state index in [-0.39, 0.29) is 12.2 Å². The van der Waals surface area contributed by atoms with E-state index in [9.17, 15) is 10.1 Å². The smallest absolute Gasteiger partial charge is 0.273 e. The number of halogens is 1. The molecule has 0 bridgehead atoms. The number of hydrogen-bond donors (Lipinski definition) is 1. The Kier molecular flexibility index (Phi) is 2.06. The van der Waals surface area contributed by atoms with Gasteiger partial charge in [0.2, 0.25) is 0 Å². The van der Waals surface area contributed by atoms with E-state index in [1.165, 1.54) is 6.08 Å². The van der Waals surface area contributed by atoms with Gasteiger partial charge in [0.25, 0.3) is 5.70 Å². The summed E-state index contributed by atoms with van der Waals surface area (Å²) >= 11 is 3.12. The van der Waals surface area contributed by atoms with Crippen LogP contribution >= 0.6 is 15.9 Å². The highest BCUT2D eigenvalue weighted by Gasteiger charge is 2.12. The second-order valence-corrected chi connectivity index (χ2v) is 2.55. The van der Waals surface area contributed by atoms with E-state index < -0.39 is 4.92 Å². The average Bonchev–Trinajstić information content (AvgIpc) is 1.88. The van der Waals surface area contributed by atoms with Gasteiger partial charge in [0, 0.05) is 0 Å². The fraction of sp³-hybridized carbons (Fsp3) is 0.200. The fourth-order valence-corrected chi connectivity index (χ4v) is 0.789. The number of hydrogen-bond acceptors (Lipinski definition) is 3. The Hall–Kier alpha value is -0.840. The van der Waals surface area contributed by atoms with Gasteiger partial charge in [-0.05, 0) is 22.0 Å². The molecule has 10 heavy (non-hydrogen) atoms. The molecule has 1 rings (SSSR count). The molecular weight excluding hydrogens is 200 g/mol. The van der Waals surface area contributed by atoms with Gasteiger partial charge in [-0.25, -0.2) is 0 Å². The van der Waals surface area contributed by atoms with Crippen LogP contribution in [-0.2, 0) is 0 Å². The number of rotatable bonds is 1. The molecule has 0 aromatic carbocycles. The summed E-state index contributed by atoms with van der Waals surface area (Å²) in [5.74, 6) is 0. The molecule has 1 heterocycles. The molecule has 4 nitrogen and oxygen atoms in total. The molecule has 1 aliphatic heterocycles. The summed E-state index contributed by atoms with van der Waals surface area (Å²) < 4.78 is 0.720. The van der Waals surface area contributed by atoms with Crippen molar-refractivity contribution in [3.05, 3.63) is 32.6 Å². The topological polar surface area (TPSA) is 55.2 Å². The molecule has 0 aliphatic carbocycles. The minimum absolute atomic E-state index is 0.0585. The molecule has 0 spiro atoms. The molecule has 0 fully saturated rings. The highest BCUT2D eigenvalue weighted by molar-refractivity contribution is 9.11. The quantitative estimate of drug-likeness (QED) is 0.390. The van der Waals surface area contributed by atoms with Gasteiger partial charge in [-0.1, -0.05) is 0 Å². The predicted octanol–water partition coefficient (Wildman–Crippen LogP) is 0.790. The zero-order chi connectivity index (χ0) is 7.56. The maximum absolute atomic E-state index is 10.1. The minimum atomic E-state index is -0.455. The van der Waals surface area contributed by atoms with Crippen LogP contribution in [-0.4, -0.2) is 11.5 Å². The van der Waals surface area contributed by atoms with Gasteiger partial charge in [-0.3, -0.25) is 10.1 Å². The first kappa shape index (κ1) is 7.27. The van der Waals surface area contributed by atoms with Crippen LogP contribution in [0.3, 0.4) is 0 Å². The van der Waals surface area contributed by atoms with E-state index in [0.717, 1.165) is 4.61 Å². The lowest BCUT2D eigenvalue weighted by molar-refractivity contribution is -0.426. The molecule has 0 atom stereocenters. The van der Waals surface area contributed by atoms with Crippen LogP contribution in [0.1, 0.15) is 0 Å². The maximum atomic E-state index is 10.1. The van der Waals surface area contributed by atoms with Crippen LogP contribution in [0, 0.1) is 16.2 Å². The van der Waals surface area contributed by atoms with Crippen molar-refractivity contribution in [1.82, 2.24) is 5.32 Å². The molecule has 5 heteroatoms. The second kappa shape index (κ2) is 2.83. The summed E-state index contributed by atoms with van der Waals surface area (Å²) in [5, 5.41) is 12.8. The third kappa shape index (κ3) is 1.57. The van der Waals surface area contributed by atoms with Crippen LogP contribution in [0.2, 0.25) is 0 Å². The first-order chi connectivity index (χ1) is 4.70. The molecule has 53 valence electrons. The lowest BCUT2D eigenvalue weighted by Gasteiger charge is -2.05. The Labute approximate surface area is 65.9 Å². The Balaban J connectivity index is 2.74. The molecule has 1 N–H and O–H groups in total. The van der Waals surface area contributed by atoms with Crippen molar-refractivity contribution in [3.63, 3.8) is 0 Å². The second-order valence-electron chi connectivity index (χ2n) is 1.69. The highest BCUT2D eigenvalue weighted by atomic mass is 79.9. The summed E-state index contributed by atoms with van der Waals surface area (Å²) in [4.78, 5) is 9.63. The summed E-state index contributed by atoms with van der Waals surface area (Å²) in [6, 6.07) is 0. The zero-order valence-corrected chi connectivity index (χ0v) is 6.51. The minimum Gasteiger partial charge on any atom is -0.369 e. The number of nitrogens with one attached hydrogen (secondary N) is 1. The number of nitro groups is 1. The fourth-order valence-electron chi connectivity index (χ4n) is 0.534. The largest absolute Gasteiger partial charge is 0.369 e. The highest BCUT2D eigenvalue weighted by Crippen LogP contribution is 2.07. The normalized spacial score (nSPS) is 16.9. The molecule has 0 saturated heterocycles. The Morgan fingerprint density at radius 2 is 2.60 bits per heavy atom. The zero-order valence-electron chi connectivity index (χ0n) is 4.93. The first-order valence-corrected chi connectivity index (χ1v) is 3.36. The third-order valence-electron chi connectivity index (χ3n) is 1.01. The molecule has 0 unspecified atom stereocenters. The average molecular weight is 204 g/mol. The van der Waals surface area contributed by atoms with E-state index in [4.69, 9.17) is 0 Å². The van der Waals surface area contributed by atoms with Gasteiger partial charge in [-0.2, -0.15) is 0 Å². The van der Waals surface area contributed by atoms with Crippen LogP contribution in [0.4, 0.5) is 0 Å². The summed E-state index contributed by atoms with van der Waals surface area (Å²) in [5.41, 5.74) is 0.0585. The molecule has 0 aromatic heterocycles. The van der Waals surface area contributed by atoms with Crippen LogP contribution in [0.5, 0.6) is 0 Å². The van der Waals surface area contributed by atoms with Gasteiger partial charge in [-0.15, -0.1) is 0 Å². The lowest BCUT2D eigenvalue weighted by Crippen LogP contribution is -2.20. The Morgan fingerprint density at radius 3 is 3.00 bits per heavy atom. The maximum Gasteiger partial charge on any atom is 0.273 e. The lowest BCUT2D eigenvalue weighted by atomic mass is 10.3. The van der Waals surface area contributed by atoms with Crippen molar-refractivity contribution < 1.29 is 4.92 Å². The van der Waals surface area contributed by atoms with Crippen molar-refractivity contribution in [2.75, 3.05) is 6.54 Å². The van der Waals surface area contributed by atoms with Gasteiger partial charge >= 0.3 is 0 Å². The van der Waals surface area contributed by atoms with Crippen molar-refractivity contribution >= 4 is 15.9 Å². The van der Waals surface area contributed by atoms with Crippen molar-refractivity contribution in [1.29, 1.82) is 0 Å². The molecule has 0 saturated carbocycles. The number of allylic oxidation sites excluding steroid dienone is 2.